The maximum absolute atomic E-state index is 11.0. The predicted octanol–water partition coefficient (Wildman–Crippen LogP) is 0.973. The molecule has 0 bridgehead atoms. The average molecular weight is 158 g/mol. The Labute approximate surface area is 66.7 Å². The molecule has 0 unspecified atom stereocenters. The normalized spacial score (nSPS) is 28.7. The Hall–Kier alpha value is -0.570. The number of hydrogen-bond acceptors (Lipinski definition) is 3. The van der Waals surface area contributed by atoms with E-state index in [1.807, 2.05) is 20.8 Å². The molecular weight excluding hydrogens is 144 g/mol. The molecule has 0 N–H and O–H groups in total. The van der Waals surface area contributed by atoms with Gasteiger partial charge >= 0.3 is 5.97 Å². The monoisotopic (exact) mass is 158 g/mol. The summed E-state index contributed by atoms with van der Waals surface area (Å²) in [5, 5.41) is 0. The van der Waals surface area contributed by atoms with E-state index in [1.54, 1.807) is 0 Å². The van der Waals surface area contributed by atoms with Gasteiger partial charge in [-0.15, -0.1) is 0 Å². The van der Waals surface area contributed by atoms with Crippen LogP contribution in [0.4, 0.5) is 0 Å². The second-order valence-electron chi connectivity index (χ2n) is 3.29. The number of epoxide rings is 1. The maximum Gasteiger partial charge on any atom is 0.338 e. The van der Waals surface area contributed by atoms with Crippen LogP contribution in [0.3, 0.4) is 0 Å². The van der Waals surface area contributed by atoms with Crippen molar-refractivity contribution in [3.8, 4) is 0 Å². The molecule has 0 amide bonds. The van der Waals surface area contributed by atoms with Gasteiger partial charge in [0.2, 0.25) is 0 Å². The minimum Gasteiger partial charge on any atom is -0.463 e. The van der Waals surface area contributed by atoms with Crippen LogP contribution in [0.25, 0.3) is 0 Å². The van der Waals surface area contributed by atoms with E-state index in [4.69, 9.17) is 9.47 Å². The summed E-state index contributed by atoms with van der Waals surface area (Å²) in [7, 11) is 0. The summed E-state index contributed by atoms with van der Waals surface area (Å²) in [5.74, 6) is 0.180. The summed E-state index contributed by atoms with van der Waals surface area (Å²) in [4.78, 5) is 11.0. The summed E-state index contributed by atoms with van der Waals surface area (Å²) in [6.07, 6.45) is -0.219. The Kier molecular flexibility index (Phi) is 2.49. The Bertz CT molecular complexity index is 153. The predicted molar refractivity (Wildman–Crippen MR) is 40.1 cm³/mol. The van der Waals surface area contributed by atoms with E-state index >= 15 is 0 Å². The number of rotatable bonds is 3. The van der Waals surface area contributed by atoms with Gasteiger partial charge in [-0.25, -0.2) is 4.79 Å². The lowest BCUT2D eigenvalue weighted by Crippen LogP contribution is -2.16. The maximum atomic E-state index is 11.0. The van der Waals surface area contributed by atoms with Gasteiger partial charge in [0.15, 0.2) is 6.10 Å². The van der Waals surface area contributed by atoms with Crippen molar-refractivity contribution in [3.63, 3.8) is 0 Å². The molecule has 3 heteroatoms. The van der Waals surface area contributed by atoms with Crippen molar-refractivity contribution in [1.82, 2.24) is 0 Å². The van der Waals surface area contributed by atoms with E-state index in [0.29, 0.717) is 12.5 Å². The summed E-state index contributed by atoms with van der Waals surface area (Å²) in [6.45, 7) is 6.36. The van der Waals surface area contributed by atoms with Gasteiger partial charge in [-0.2, -0.15) is 0 Å². The molecule has 2 atom stereocenters. The number of ether oxygens (including phenoxy) is 2. The highest BCUT2D eigenvalue weighted by atomic mass is 16.6. The third kappa shape index (κ3) is 2.50. The van der Waals surface area contributed by atoms with Crippen LogP contribution in [0.5, 0.6) is 0 Å². The summed E-state index contributed by atoms with van der Waals surface area (Å²) < 4.78 is 9.87. The van der Waals surface area contributed by atoms with Crippen molar-refractivity contribution in [2.24, 2.45) is 5.92 Å². The van der Waals surface area contributed by atoms with E-state index < -0.39 is 0 Å². The minimum atomic E-state index is -0.284. The SMILES string of the molecule is CC(C)COC(=O)[C@@H]1O[C@H]1C. The van der Waals surface area contributed by atoms with Crippen molar-refractivity contribution in [2.75, 3.05) is 6.61 Å². The molecule has 0 aliphatic carbocycles. The molecule has 1 aliphatic rings. The van der Waals surface area contributed by atoms with Gasteiger partial charge < -0.3 is 9.47 Å². The third-order valence-corrected chi connectivity index (χ3v) is 1.50. The highest BCUT2D eigenvalue weighted by Gasteiger charge is 2.42. The lowest BCUT2D eigenvalue weighted by Gasteiger charge is -2.04. The summed E-state index contributed by atoms with van der Waals surface area (Å²) in [5.41, 5.74) is 0. The fourth-order valence-corrected chi connectivity index (χ4v) is 0.764. The van der Waals surface area contributed by atoms with Crippen LogP contribution in [0.15, 0.2) is 0 Å². The Balaban J connectivity index is 2.12. The molecule has 1 fully saturated rings. The molecule has 0 aromatic heterocycles. The highest BCUT2D eigenvalue weighted by Crippen LogP contribution is 2.22. The second-order valence-corrected chi connectivity index (χ2v) is 3.29. The lowest BCUT2D eigenvalue weighted by atomic mass is 10.2. The molecule has 0 radical (unpaired) electrons. The molecular formula is C8H14O3. The Morgan fingerprint density at radius 2 is 2.18 bits per heavy atom. The van der Waals surface area contributed by atoms with Gasteiger partial charge in [-0.3, -0.25) is 0 Å². The van der Waals surface area contributed by atoms with Gasteiger partial charge in [-0.1, -0.05) is 13.8 Å². The molecule has 11 heavy (non-hydrogen) atoms. The van der Waals surface area contributed by atoms with Crippen LogP contribution < -0.4 is 0 Å². The van der Waals surface area contributed by atoms with Crippen molar-refractivity contribution in [1.29, 1.82) is 0 Å². The molecule has 0 aromatic rings. The first-order valence-corrected chi connectivity index (χ1v) is 3.93. The van der Waals surface area contributed by atoms with Gasteiger partial charge in [0.1, 0.15) is 0 Å². The first-order valence-electron chi connectivity index (χ1n) is 3.93. The Morgan fingerprint density at radius 3 is 2.55 bits per heavy atom. The van der Waals surface area contributed by atoms with Gasteiger partial charge in [0.25, 0.3) is 0 Å². The number of hydrogen-bond donors (Lipinski definition) is 0. The van der Waals surface area contributed by atoms with E-state index in [-0.39, 0.29) is 18.2 Å². The van der Waals surface area contributed by atoms with E-state index in [9.17, 15) is 4.79 Å². The standard InChI is InChI=1S/C8H14O3/c1-5(2)4-10-8(9)7-6(3)11-7/h5-7H,4H2,1-3H3/t6-,7+/m0/s1. The zero-order valence-corrected chi connectivity index (χ0v) is 7.16. The molecule has 3 nitrogen and oxygen atoms in total. The lowest BCUT2D eigenvalue weighted by molar-refractivity contribution is -0.146. The molecule has 1 rings (SSSR count). The van der Waals surface area contributed by atoms with Crippen LogP contribution in [0.1, 0.15) is 20.8 Å². The van der Waals surface area contributed by atoms with E-state index in [1.165, 1.54) is 0 Å². The van der Waals surface area contributed by atoms with E-state index in [2.05, 4.69) is 0 Å². The molecule has 1 aliphatic heterocycles. The topological polar surface area (TPSA) is 38.8 Å². The van der Waals surface area contributed by atoms with Crippen molar-refractivity contribution in [2.45, 2.75) is 33.0 Å². The number of carbonyl (C=O) groups is 1. The van der Waals surface area contributed by atoms with Crippen LogP contribution in [-0.4, -0.2) is 24.8 Å². The van der Waals surface area contributed by atoms with E-state index in [0.717, 1.165) is 0 Å². The minimum absolute atomic E-state index is 0.0645. The Morgan fingerprint density at radius 1 is 1.64 bits per heavy atom. The zero-order chi connectivity index (χ0) is 8.43. The summed E-state index contributed by atoms with van der Waals surface area (Å²) in [6, 6.07) is 0. The largest absolute Gasteiger partial charge is 0.463 e. The fourth-order valence-electron chi connectivity index (χ4n) is 0.764. The van der Waals surface area contributed by atoms with Crippen LogP contribution in [-0.2, 0) is 14.3 Å². The average Bonchev–Trinajstić information content (AvgIpc) is 2.61. The van der Waals surface area contributed by atoms with Crippen LogP contribution in [0.2, 0.25) is 0 Å². The van der Waals surface area contributed by atoms with Gasteiger partial charge in [0, 0.05) is 0 Å². The number of carbonyl (C=O) groups excluding carboxylic acids is 1. The van der Waals surface area contributed by atoms with Crippen molar-refractivity contribution in [3.05, 3.63) is 0 Å². The molecule has 0 spiro atoms. The smallest absolute Gasteiger partial charge is 0.338 e. The fraction of sp³-hybridized carbons (Fsp3) is 0.875. The first-order chi connectivity index (χ1) is 5.11. The molecule has 0 aromatic carbocycles. The second kappa shape index (κ2) is 3.22. The molecule has 0 saturated carbocycles. The number of esters is 1. The third-order valence-electron chi connectivity index (χ3n) is 1.50. The molecule has 1 saturated heterocycles. The van der Waals surface area contributed by atoms with Gasteiger partial charge in [0.05, 0.1) is 12.7 Å². The molecule has 64 valence electrons. The highest BCUT2D eigenvalue weighted by molar-refractivity contribution is 5.77. The first kappa shape index (κ1) is 8.53. The molecule has 1 heterocycles. The van der Waals surface area contributed by atoms with Crippen molar-refractivity contribution < 1.29 is 14.3 Å². The van der Waals surface area contributed by atoms with Crippen LogP contribution in [0, 0.1) is 5.92 Å². The van der Waals surface area contributed by atoms with Crippen molar-refractivity contribution >= 4 is 5.97 Å². The quantitative estimate of drug-likeness (QED) is 0.454. The zero-order valence-electron chi connectivity index (χ0n) is 7.16. The summed E-state index contributed by atoms with van der Waals surface area (Å²) >= 11 is 0. The van der Waals surface area contributed by atoms with Gasteiger partial charge in [-0.05, 0) is 12.8 Å². The van der Waals surface area contributed by atoms with Crippen LogP contribution >= 0.6 is 0 Å².